The van der Waals surface area contributed by atoms with E-state index >= 15 is 0 Å². The maximum atomic E-state index is 12.2. The predicted molar refractivity (Wildman–Crippen MR) is 109 cm³/mol. The Morgan fingerprint density at radius 3 is 2.70 bits per heavy atom. The standard InChI is InChI=1S/C18H19BrN6O2/c1-11-10-25-14-15(23(2)18(27)22-16(14)26)21-17(25)24(11)9-3-8-20-13-6-4-12(19)5-7-13/h4-7,10,20H,3,8-9H2,1-2H3,(H,22,26,27). The van der Waals surface area contributed by atoms with E-state index in [0.29, 0.717) is 16.9 Å². The number of benzene rings is 1. The van der Waals surface area contributed by atoms with Crippen molar-refractivity contribution in [3.8, 4) is 0 Å². The number of hydrogen-bond acceptors (Lipinski definition) is 4. The SMILES string of the molecule is Cc1cn2c3c(=O)[nH]c(=O)n(C)c3nc2n1CCCNc1ccc(Br)cc1. The number of H-pyrrole nitrogens is 1. The Labute approximate surface area is 162 Å². The summed E-state index contributed by atoms with van der Waals surface area (Å²) >= 11 is 3.43. The Balaban J connectivity index is 1.59. The monoisotopic (exact) mass is 430 g/mol. The molecule has 8 nitrogen and oxygen atoms in total. The van der Waals surface area contributed by atoms with Gasteiger partial charge < -0.3 is 9.88 Å². The molecule has 1 aromatic carbocycles. The third-order valence-corrected chi connectivity index (χ3v) is 5.18. The fourth-order valence-corrected chi connectivity index (χ4v) is 3.50. The highest BCUT2D eigenvalue weighted by Gasteiger charge is 2.16. The average molecular weight is 431 g/mol. The van der Waals surface area contributed by atoms with Crippen molar-refractivity contribution in [2.45, 2.75) is 19.9 Å². The molecule has 0 aliphatic rings. The Kier molecular flexibility index (Phi) is 4.39. The summed E-state index contributed by atoms with van der Waals surface area (Å²) in [5.74, 6) is 0.665. The van der Waals surface area contributed by atoms with Gasteiger partial charge in [-0.1, -0.05) is 15.9 Å². The van der Waals surface area contributed by atoms with Gasteiger partial charge in [-0.15, -0.1) is 0 Å². The average Bonchev–Trinajstić information content (AvgIpc) is 3.14. The lowest BCUT2D eigenvalue weighted by Gasteiger charge is -2.08. The highest BCUT2D eigenvalue weighted by Crippen LogP contribution is 2.17. The summed E-state index contributed by atoms with van der Waals surface area (Å²) in [6, 6.07) is 8.05. The molecule has 3 aromatic heterocycles. The van der Waals surface area contributed by atoms with Gasteiger partial charge >= 0.3 is 5.69 Å². The molecule has 2 N–H and O–H groups in total. The number of imidazole rings is 2. The molecule has 3 heterocycles. The number of fused-ring (bicyclic) bond motifs is 3. The first-order valence-electron chi connectivity index (χ1n) is 8.62. The van der Waals surface area contributed by atoms with E-state index in [1.165, 1.54) is 4.57 Å². The number of hydrogen-bond donors (Lipinski definition) is 2. The van der Waals surface area contributed by atoms with Gasteiger partial charge in [0.05, 0.1) is 0 Å². The quantitative estimate of drug-likeness (QED) is 0.475. The maximum absolute atomic E-state index is 12.2. The zero-order chi connectivity index (χ0) is 19.1. The van der Waals surface area contributed by atoms with Crippen LogP contribution in [0.1, 0.15) is 12.1 Å². The number of halogens is 1. The van der Waals surface area contributed by atoms with E-state index in [2.05, 4.69) is 35.8 Å². The number of nitrogens with zero attached hydrogens (tertiary/aromatic N) is 4. The van der Waals surface area contributed by atoms with Gasteiger partial charge in [-0.3, -0.25) is 18.7 Å². The fraction of sp³-hybridized carbons (Fsp3) is 0.278. The van der Waals surface area contributed by atoms with Crippen molar-refractivity contribution in [2.75, 3.05) is 11.9 Å². The van der Waals surface area contributed by atoms with E-state index in [4.69, 9.17) is 0 Å². The summed E-state index contributed by atoms with van der Waals surface area (Å²) in [6.45, 7) is 3.55. The zero-order valence-corrected chi connectivity index (χ0v) is 16.6. The lowest BCUT2D eigenvalue weighted by molar-refractivity contribution is 0.660. The second-order valence-electron chi connectivity index (χ2n) is 6.48. The topological polar surface area (TPSA) is 89.1 Å². The third kappa shape index (κ3) is 3.08. The van der Waals surface area contributed by atoms with Crippen molar-refractivity contribution in [1.82, 2.24) is 23.5 Å². The van der Waals surface area contributed by atoms with Gasteiger partial charge in [0, 0.05) is 42.2 Å². The minimum atomic E-state index is -0.463. The van der Waals surface area contributed by atoms with Gasteiger partial charge in [-0.05, 0) is 37.6 Å². The highest BCUT2D eigenvalue weighted by atomic mass is 79.9. The van der Waals surface area contributed by atoms with Crippen LogP contribution in [-0.2, 0) is 13.6 Å². The highest BCUT2D eigenvalue weighted by molar-refractivity contribution is 9.10. The molecule has 4 rings (SSSR count). The molecule has 0 fully saturated rings. The second kappa shape index (κ2) is 6.73. The van der Waals surface area contributed by atoms with Gasteiger partial charge in [0.2, 0.25) is 5.78 Å². The normalized spacial score (nSPS) is 11.5. The number of rotatable bonds is 5. The first-order chi connectivity index (χ1) is 13.0. The number of anilines is 1. The molecule has 0 radical (unpaired) electrons. The van der Waals surface area contributed by atoms with E-state index in [-0.39, 0.29) is 0 Å². The van der Waals surface area contributed by atoms with Crippen LogP contribution in [0.4, 0.5) is 5.69 Å². The number of aromatic amines is 1. The minimum Gasteiger partial charge on any atom is -0.385 e. The fourth-order valence-electron chi connectivity index (χ4n) is 3.23. The summed E-state index contributed by atoms with van der Waals surface area (Å²) in [7, 11) is 1.60. The zero-order valence-electron chi connectivity index (χ0n) is 15.0. The smallest absolute Gasteiger partial charge is 0.329 e. The van der Waals surface area contributed by atoms with Gasteiger partial charge in [0.15, 0.2) is 11.2 Å². The van der Waals surface area contributed by atoms with Crippen LogP contribution in [0.3, 0.4) is 0 Å². The van der Waals surface area contributed by atoms with E-state index in [1.807, 2.05) is 37.4 Å². The molecule has 9 heteroatoms. The molecule has 0 saturated carbocycles. The van der Waals surface area contributed by atoms with Crippen molar-refractivity contribution in [1.29, 1.82) is 0 Å². The summed E-state index contributed by atoms with van der Waals surface area (Å²) in [6.07, 6.45) is 2.77. The van der Waals surface area contributed by atoms with Crippen LogP contribution in [-0.4, -0.2) is 30.0 Å². The first-order valence-corrected chi connectivity index (χ1v) is 9.41. The largest absolute Gasteiger partial charge is 0.385 e. The van der Waals surface area contributed by atoms with Crippen LogP contribution >= 0.6 is 15.9 Å². The van der Waals surface area contributed by atoms with Gasteiger partial charge in [-0.2, -0.15) is 4.98 Å². The van der Waals surface area contributed by atoms with E-state index in [1.54, 1.807) is 11.4 Å². The lowest BCUT2D eigenvalue weighted by Crippen LogP contribution is -2.28. The molecule has 0 spiro atoms. The molecular weight excluding hydrogens is 412 g/mol. The van der Waals surface area contributed by atoms with E-state index < -0.39 is 11.2 Å². The Bertz CT molecular complexity index is 1250. The first kappa shape index (κ1) is 17.6. The minimum absolute atomic E-state index is 0.389. The van der Waals surface area contributed by atoms with Crippen LogP contribution in [0.5, 0.6) is 0 Å². The van der Waals surface area contributed by atoms with E-state index in [9.17, 15) is 9.59 Å². The number of aromatic nitrogens is 5. The molecule has 0 bridgehead atoms. The predicted octanol–water partition coefficient (Wildman–Crippen LogP) is 2.25. The van der Waals surface area contributed by atoms with Crippen molar-refractivity contribution < 1.29 is 0 Å². The maximum Gasteiger partial charge on any atom is 0.329 e. The van der Waals surface area contributed by atoms with Gasteiger partial charge in [0.1, 0.15) is 0 Å². The van der Waals surface area contributed by atoms with Crippen LogP contribution < -0.4 is 16.6 Å². The van der Waals surface area contributed by atoms with Crippen LogP contribution in [0.2, 0.25) is 0 Å². The Hall–Kier alpha value is -2.81. The Morgan fingerprint density at radius 2 is 1.96 bits per heavy atom. The molecule has 0 unspecified atom stereocenters. The molecule has 0 saturated heterocycles. The van der Waals surface area contributed by atoms with Gasteiger partial charge in [-0.25, -0.2) is 4.79 Å². The van der Waals surface area contributed by atoms with Crippen molar-refractivity contribution in [2.24, 2.45) is 7.05 Å². The molecule has 140 valence electrons. The van der Waals surface area contributed by atoms with Crippen LogP contribution in [0.15, 0.2) is 44.5 Å². The number of nitrogens with one attached hydrogen (secondary N) is 2. The Morgan fingerprint density at radius 1 is 1.22 bits per heavy atom. The van der Waals surface area contributed by atoms with Crippen molar-refractivity contribution in [3.63, 3.8) is 0 Å². The molecular formula is C18H19BrN6O2. The summed E-state index contributed by atoms with van der Waals surface area (Å²) in [5, 5.41) is 3.39. The molecule has 4 aromatic rings. The third-order valence-electron chi connectivity index (χ3n) is 4.65. The van der Waals surface area contributed by atoms with Gasteiger partial charge in [0.25, 0.3) is 5.56 Å². The number of aryl methyl sites for hydroxylation is 3. The molecule has 0 aliphatic heterocycles. The summed E-state index contributed by atoms with van der Waals surface area (Å²) < 4.78 is 6.23. The molecule has 27 heavy (non-hydrogen) atoms. The molecule has 0 aliphatic carbocycles. The van der Waals surface area contributed by atoms with Crippen LogP contribution in [0.25, 0.3) is 16.9 Å². The van der Waals surface area contributed by atoms with Crippen molar-refractivity contribution in [3.05, 3.63) is 61.5 Å². The van der Waals surface area contributed by atoms with Crippen LogP contribution in [0, 0.1) is 6.92 Å². The lowest BCUT2D eigenvalue weighted by atomic mass is 10.3. The van der Waals surface area contributed by atoms with E-state index in [0.717, 1.165) is 35.4 Å². The summed E-state index contributed by atoms with van der Waals surface area (Å²) in [4.78, 5) is 30.9. The molecule has 0 amide bonds. The molecule has 0 atom stereocenters. The van der Waals surface area contributed by atoms with Crippen molar-refractivity contribution >= 4 is 38.6 Å². The second-order valence-corrected chi connectivity index (χ2v) is 7.40. The summed E-state index contributed by atoms with van der Waals surface area (Å²) in [5.41, 5.74) is 1.98.